The number of amides is 1. The Morgan fingerprint density at radius 3 is 2.80 bits per heavy atom. The first kappa shape index (κ1) is 15.2. The lowest BCUT2D eigenvalue weighted by molar-refractivity contribution is 0.0698. The maximum Gasteiger partial charge on any atom is 0.343 e. The molecule has 1 amide bonds. The van der Waals surface area contributed by atoms with Gasteiger partial charge in [0.25, 0.3) is 5.91 Å². The highest BCUT2D eigenvalue weighted by Gasteiger charge is 2.26. The fourth-order valence-electron chi connectivity index (χ4n) is 2.37. The summed E-state index contributed by atoms with van der Waals surface area (Å²) in [5.41, 5.74) is 0.245. The van der Waals surface area contributed by atoms with E-state index in [9.17, 15) is 14.7 Å². The Kier molecular flexibility index (Phi) is 3.62. The maximum atomic E-state index is 12.4. The van der Waals surface area contributed by atoms with Gasteiger partial charge in [-0.05, 0) is 29.6 Å². The summed E-state index contributed by atoms with van der Waals surface area (Å²) in [5, 5.41) is 17.5. The number of hydrogen-bond acceptors (Lipinski definition) is 7. The second kappa shape index (κ2) is 5.95. The molecule has 2 aromatic heterocycles. The number of hydrogen-bond donors (Lipinski definition) is 2. The van der Waals surface area contributed by atoms with Crippen molar-refractivity contribution in [3.8, 4) is 22.1 Å². The Morgan fingerprint density at radius 2 is 2.04 bits per heavy atom. The lowest BCUT2D eigenvalue weighted by Gasteiger charge is -2.04. The van der Waals surface area contributed by atoms with Gasteiger partial charge >= 0.3 is 5.97 Å². The predicted molar refractivity (Wildman–Crippen MR) is 87.3 cm³/mol. The molecule has 9 heteroatoms. The second-order valence-corrected chi connectivity index (χ2v) is 5.99. The van der Waals surface area contributed by atoms with E-state index in [1.807, 2.05) is 0 Å². The summed E-state index contributed by atoms with van der Waals surface area (Å²) in [5.74, 6) is -1.02. The minimum absolute atomic E-state index is 0.0931. The van der Waals surface area contributed by atoms with E-state index in [1.54, 1.807) is 29.6 Å². The largest absolute Gasteiger partial charge is 0.477 e. The number of carboxylic acids is 1. The van der Waals surface area contributed by atoms with Crippen LogP contribution < -0.4 is 14.8 Å². The van der Waals surface area contributed by atoms with Gasteiger partial charge in [0.15, 0.2) is 17.1 Å². The zero-order valence-electron chi connectivity index (χ0n) is 12.5. The second-order valence-electron chi connectivity index (χ2n) is 5.04. The highest BCUT2D eigenvalue weighted by Crippen LogP contribution is 2.34. The molecule has 1 aliphatic heterocycles. The molecule has 2 N–H and O–H groups in total. The summed E-state index contributed by atoms with van der Waals surface area (Å²) < 4.78 is 15.5. The van der Waals surface area contributed by atoms with E-state index in [1.165, 1.54) is 17.4 Å². The summed E-state index contributed by atoms with van der Waals surface area (Å²) in [6.45, 7) is 0.0931. The number of nitrogens with one attached hydrogen (secondary N) is 1. The van der Waals surface area contributed by atoms with Crippen molar-refractivity contribution >= 4 is 29.1 Å². The van der Waals surface area contributed by atoms with Crippen molar-refractivity contribution in [3.05, 3.63) is 46.8 Å². The molecule has 25 heavy (non-hydrogen) atoms. The number of carbonyl (C=O) groups excluding carboxylic acids is 1. The van der Waals surface area contributed by atoms with E-state index in [4.69, 9.17) is 14.0 Å². The van der Waals surface area contributed by atoms with Gasteiger partial charge in [0, 0.05) is 5.56 Å². The Hall–Kier alpha value is -3.33. The van der Waals surface area contributed by atoms with E-state index in [0.29, 0.717) is 16.4 Å². The van der Waals surface area contributed by atoms with Crippen molar-refractivity contribution in [2.45, 2.75) is 0 Å². The van der Waals surface area contributed by atoms with Crippen LogP contribution in [-0.4, -0.2) is 28.9 Å². The summed E-state index contributed by atoms with van der Waals surface area (Å²) in [6.07, 6.45) is 0. The molecular formula is C16H10N2O6S. The maximum absolute atomic E-state index is 12.4. The van der Waals surface area contributed by atoms with E-state index in [-0.39, 0.29) is 29.5 Å². The molecule has 1 aromatic carbocycles. The van der Waals surface area contributed by atoms with Crippen molar-refractivity contribution in [3.63, 3.8) is 0 Å². The number of aromatic carboxylic acids is 1. The van der Waals surface area contributed by atoms with Crippen LogP contribution in [0.1, 0.15) is 20.7 Å². The number of carboxylic acid groups (broad SMARTS) is 1. The van der Waals surface area contributed by atoms with Crippen LogP contribution in [0.4, 0.5) is 5.88 Å². The zero-order valence-corrected chi connectivity index (χ0v) is 13.3. The van der Waals surface area contributed by atoms with E-state index >= 15 is 0 Å². The molecule has 8 nitrogen and oxygen atoms in total. The number of thiophene rings is 1. The van der Waals surface area contributed by atoms with Gasteiger partial charge in [-0.25, -0.2) is 4.79 Å². The molecule has 0 aliphatic carbocycles. The predicted octanol–water partition coefficient (Wildman–Crippen LogP) is 3.08. The molecule has 0 unspecified atom stereocenters. The molecule has 0 spiro atoms. The van der Waals surface area contributed by atoms with Crippen molar-refractivity contribution < 1.29 is 28.7 Å². The van der Waals surface area contributed by atoms with Gasteiger partial charge in [-0.2, -0.15) is 0 Å². The molecule has 0 atom stereocenters. The molecule has 126 valence electrons. The van der Waals surface area contributed by atoms with Crippen LogP contribution in [0.5, 0.6) is 11.5 Å². The number of benzene rings is 1. The molecule has 0 radical (unpaired) electrons. The van der Waals surface area contributed by atoms with Crippen LogP contribution in [0.25, 0.3) is 10.6 Å². The summed E-state index contributed by atoms with van der Waals surface area (Å²) in [6, 6.07) is 8.14. The van der Waals surface area contributed by atoms with Gasteiger partial charge in [0.2, 0.25) is 12.7 Å². The fraction of sp³-hybridized carbons (Fsp3) is 0.0625. The third-order valence-electron chi connectivity index (χ3n) is 3.52. The quantitative estimate of drug-likeness (QED) is 0.737. The highest BCUT2D eigenvalue weighted by atomic mass is 32.1. The van der Waals surface area contributed by atoms with Crippen molar-refractivity contribution in [1.29, 1.82) is 0 Å². The normalized spacial score (nSPS) is 12.2. The van der Waals surface area contributed by atoms with Crippen LogP contribution >= 0.6 is 11.3 Å². The molecule has 0 bridgehead atoms. The smallest absolute Gasteiger partial charge is 0.343 e. The molecule has 0 fully saturated rings. The number of anilines is 1. The molecule has 1 aliphatic rings. The molecule has 3 aromatic rings. The third kappa shape index (κ3) is 2.70. The summed E-state index contributed by atoms with van der Waals surface area (Å²) in [4.78, 5) is 24.6. The summed E-state index contributed by atoms with van der Waals surface area (Å²) >= 11 is 1.32. The molecule has 0 saturated heterocycles. The zero-order chi connectivity index (χ0) is 17.4. The Labute approximate surface area is 144 Å². The van der Waals surface area contributed by atoms with Gasteiger partial charge in [-0.1, -0.05) is 11.2 Å². The Balaban J connectivity index is 1.64. The fourth-order valence-corrected chi connectivity index (χ4v) is 3.08. The molecule has 3 heterocycles. The van der Waals surface area contributed by atoms with Crippen molar-refractivity contribution in [2.75, 3.05) is 12.1 Å². The lowest BCUT2D eigenvalue weighted by Crippen LogP contribution is -2.13. The van der Waals surface area contributed by atoms with E-state index in [0.717, 1.165) is 0 Å². The van der Waals surface area contributed by atoms with Gasteiger partial charge < -0.3 is 19.1 Å². The van der Waals surface area contributed by atoms with E-state index < -0.39 is 11.9 Å². The molecule has 0 saturated carbocycles. The minimum atomic E-state index is -1.24. The van der Waals surface area contributed by atoms with Gasteiger partial charge in [-0.15, -0.1) is 11.3 Å². The lowest BCUT2D eigenvalue weighted by atomic mass is 10.1. The van der Waals surface area contributed by atoms with Crippen LogP contribution in [0.15, 0.2) is 40.2 Å². The standard InChI is InChI=1S/C16H10N2O6S/c19-14(8-3-4-9-10(6-8)23-7-22-9)17-15-12(16(20)21)13(18-24-15)11-2-1-5-25-11/h1-6H,7H2,(H,17,19)(H,20,21). The van der Waals surface area contributed by atoms with Crippen molar-refractivity contribution in [1.82, 2.24) is 5.16 Å². The van der Waals surface area contributed by atoms with Crippen LogP contribution in [0, 0.1) is 0 Å². The third-order valence-corrected chi connectivity index (χ3v) is 4.40. The first-order valence-corrected chi connectivity index (χ1v) is 7.99. The molecule has 4 rings (SSSR count). The highest BCUT2D eigenvalue weighted by molar-refractivity contribution is 7.13. The van der Waals surface area contributed by atoms with Gasteiger partial charge in [-0.3, -0.25) is 10.1 Å². The van der Waals surface area contributed by atoms with Gasteiger partial charge in [0.05, 0.1) is 4.88 Å². The topological polar surface area (TPSA) is 111 Å². The van der Waals surface area contributed by atoms with Crippen LogP contribution in [0.2, 0.25) is 0 Å². The first-order chi connectivity index (χ1) is 12.1. The number of aromatic nitrogens is 1. The Morgan fingerprint density at radius 1 is 1.20 bits per heavy atom. The van der Waals surface area contributed by atoms with Crippen molar-refractivity contribution in [2.24, 2.45) is 0 Å². The van der Waals surface area contributed by atoms with Crippen LogP contribution in [-0.2, 0) is 0 Å². The van der Waals surface area contributed by atoms with E-state index in [2.05, 4.69) is 10.5 Å². The average molecular weight is 358 g/mol. The number of rotatable bonds is 4. The number of ether oxygens (including phenoxy) is 2. The summed E-state index contributed by atoms with van der Waals surface area (Å²) in [7, 11) is 0. The van der Waals surface area contributed by atoms with Crippen LogP contribution in [0.3, 0.4) is 0 Å². The average Bonchev–Trinajstić information content (AvgIpc) is 3.33. The first-order valence-electron chi connectivity index (χ1n) is 7.11. The SMILES string of the molecule is O=C(Nc1onc(-c2cccs2)c1C(=O)O)c1ccc2c(c1)OCO2. The number of carbonyl (C=O) groups is 2. The minimum Gasteiger partial charge on any atom is -0.477 e. The number of fused-ring (bicyclic) bond motifs is 1. The van der Waals surface area contributed by atoms with Gasteiger partial charge in [0.1, 0.15) is 5.69 Å². The molecular weight excluding hydrogens is 348 g/mol. The Bertz CT molecular complexity index is 963. The number of nitrogens with zero attached hydrogens (tertiary/aromatic N) is 1. The monoisotopic (exact) mass is 358 g/mol.